The van der Waals surface area contributed by atoms with Crippen molar-refractivity contribution in [1.29, 1.82) is 0 Å². The Kier molecular flexibility index (Phi) is 9.45. The van der Waals surface area contributed by atoms with Crippen molar-refractivity contribution in [3.63, 3.8) is 0 Å². The molecule has 2 aromatic heterocycles. The van der Waals surface area contributed by atoms with E-state index in [0.717, 1.165) is 50.1 Å². The highest BCUT2D eigenvalue weighted by molar-refractivity contribution is 7.86. The maximum atomic E-state index is 14.4. The fourth-order valence-electron chi connectivity index (χ4n) is 5.27. The number of aromatic nitrogens is 4. The first-order valence-electron chi connectivity index (χ1n) is 13.5. The van der Waals surface area contributed by atoms with Crippen LogP contribution < -0.4 is 15.3 Å². The van der Waals surface area contributed by atoms with Gasteiger partial charge in [0.15, 0.2) is 5.75 Å². The van der Waals surface area contributed by atoms with Gasteiger partial charge in [0.25, 0.3) is 11.1 Å². The first kappa shape index (κ1) is 33.1. The Labute approximate surface area is 275 Å². The normalized spacial score (nSPS) is 14.2. The van der Waals surface area contributed by atoms with Gasteiger partial charge in [0.1, 0.15) is 21.9 Å². The summed E-state index contributed by atoms with van der Waals surface area (Å²) in [5.41, 5.74) is -0.748. The molecule has 2 aliphatic rings. The number of nitrogens with zero attached hydrogens (tertiary/aromatic N) is 5. The van der Waals surface area contributed by atoms with Crippen LogP contribution in [-0.2, 0) is 36.3 Å². The maximum Gasteiger partial charge on any atom is 0.306 e. The summed E-state index contributed by atoms with van der Waals surface area (Å²) >= 11 is 24.1. The van der Waals surface area contributed by atoms with Crippen molar-refractivity contribution in [2.45, 2.75) is 51.9 Å². The molecule has 0 bridgehead atoms. The number of halogens is 6. The lowest BCUT2D eigenvalue weighted by atomic mass is 10.1. The van der Waals surface area contributed by atoms with Crippen molar-refractivity contribution in [2.75, 3.05) is 6.26 Å². The van der Waals surface area contributed by atoms with E-state index in [1.54, 1.807) is 9.36 Å². The van der Waals surface area contributed by atoms with Crippen LogP contribution in [0.2, 0.25) is 20.4 Å². The molecule has 238 valence electrons. The zero-order valence-electron chi connectivity index (χ0n) is 23.4. The highest BCUT2D eigenvalue weighted by atomic mass is 35.5. The van der Waals surface area contributed by atoms with Gasteiger partial charge >= 0.3 is 10.1 Å². The van der Waals surface area contributed by atoms with Crippen LogP contribution in [0.1, 0.15) is 25.7 Å². The number of rotatable bonds is 4. The summed E-state index contributed by atoms with van der Waals surface area (Å²) in [4.78, 5) is 28.3. The van der Waals surface area contributed by atoms with E-state index >= 15 is 0 Å². The molecule has 45 heavy (non-hydrogen) atoms. The van der Waals surface area contributed by atoms with Crippen LogP contribution in [0.3, 0.4) is 0 Å². The average Bonchev–Trinajstić information content (AvgIpc) is 3.39. The second-order valence-electron chi connectivity index (χ2n) is 10.3. The van der Waals surface area contributed by atoms with Crippen molar-refractivity contribution in [2.24, 2.45) is 0 Å². The molecule has 2 aromatic carbocycles. The zero-order chi connectivity index (χ0) is 32.8. The van der Waals surface area contributed by atoms with E-state index in [1.165, 1.54) is 15.4 Å². The topological polar surface area (TPSA) is 102 Å². The molecular formula is C28H23Cl4F2N5O5S. The van der Waals surface area contributed by atoms with Gasteiger partial charge in [-0.15, -0.1) is 0 Å². The van der Waals surface area contributed by atoms with E-state index in [0.29, 0.717) is 26.2 Å². The first-order chi connectivity index (χ1) is 21.2. The summed E-state index contributed by atoms with van der Waals surface area (Å²) in [6.07, 6.45) is 4.33. The van der Waals surface area contributed by atoms with Gasteiger partial charge in [-0.05, 0) is 49.9 Å². The smallest absolute Gasteiger partial charge is 0.306 e. The number of fused-ring (bicyclic) bond motifs is 2. The Morgan fingerprint density at radius 1 is 0.733 bits per heavy atom. The first-order valence-corrected chi connectivity index (χ1v) is 16.8. The van der Waals surface area contributed by atoms with E-state index in [1.807, 2.05) is 0 Å². The SMILES string of the molecule is CS(=O)(=O)Oc1cc(-c2c(Cl)n3n(c2=O)CCCC3)c(F)cc1Cl.[C-]#[N+]c1cc(-c2c(Cl)n3n(c2=O)CCCC3)c(F)cc1Cl. The number of hydrogen-bond donors (Lipinski definition) is 0. The summed E-state index contributed by atoms with van der Waals surface area (Å²) in [6, 6.07) is 4.30. The summed E-state index contributed by atoms with van der Waals surface area (Å²) in [5.74, 6) is -1.71. The molecule has 6 rings (SSSR count). The molecular weight excluding hydrogens is 698 g/mol. The third kappa shape index (κ3) is 6.39. The highest BCUT2D eigenvalue weighted by Crippen LogP contribution is 2.37. The van der Waals surface area contributed by atoms with Gasteiger partial charge in [-0.1, -0.05) is 46.4 Å². The van der Waals surface area contributed by atoms with Gasteiger partial charge in [-0.2, -0.15) is 8.42 Å². The molecule has 2 aliphatic heterocycles. The van der Waals surface area contributed by atoms with E-state index in [2.05, 4.69) is 4.85 Å². The van der Waals surface area contributed by atoms with Gasteiger partial charge in [-0.3, -0.25) is 19.0 Å². The van der Waals surface area contributed by atoms with E-state index in [9.17, 15) is 26.8 Å². The summed E-state index contributed by atoms with van der Waals surface area (Å²) in [7, 11) is -3.86. The molecule has 0 saturated heterocycles. The van der Waals surface area contributed by atoms with Crippen LogP contribution in [0.5, 0.6) is 5.75 Å². The quantitative estimate of drug-likeness (QED) is 0.167. The predicted octanol–water partition coefficient (Wildman–Crippen LogP) is 7.00. The van der Waals surface area contributed by atoms with Crippen LogP contribution in [0.4, 0.5) is 14.5 Å². The third-order valence-corrected chi connectivity index (χ3v) is 9.13. The van der Waals surface area contributed by atoms with E-state index in [4.69, 9.17) is 57.2 Å². The van der Waals surface area contributed by atoms with Gasteiger partial charge in [0.05, 0.1) is 29.0 Å². The van der Waals surface area contributed by atoms with Gasteiger partial charge < -0.3 is 4.18 Å². The van der Waals surface area contributed by atoms with Crippen LogP contribution in [0.25, 0.3) is 27.1 Å². The van der Waals surface area contributed by atoms with Gasteiger partial charge in [0.2, 0.25) is 5.69 Å². The minimum absolute atomic E-state index is 0.0199. The lowest BCUT2D eigenvalue weighted by Crippen LogP contribution is -2.27. The minimum Gasteiger partial charge on any atom is -0.381 e. The maximum absolute atomic E-state index is 14.4. The van der Waals surface area contributed by atoms with Crippen molar-refractivity contribution >= 4 is 62.2 Å². The van der Waals surface area contributed by atoms with E-state index < -0.39 is 27.3 Å². The Morgan fingerprint density at radius 3 is 1.58 bits per heavy atom. The molecule has 0 saturated carbocycles. The van der Waals surface area contributed by atoms with Gasteiger partial charge in [-0.25, -0.2) is 23.0 Å². The molecule has 0 fully saturated rings. The lowest BCUT2D eigenvalue weighted by Gasteiger charge is -2.17. The lowest BCUT2D eigenvalue weighted by molar-refractivity contribution is 0.356. The Morgan fingerprint density at radius 2 is 1.16 bits per heavy atom. The minimum atomic E-state index is -3.86. The predicted molar refractivity (Wildman–Crippen MR) is 168 cm³/mol. The monoisotopic (exact) mass is 719 g/mol. The summed E-state index contributed by atoms with van der Waals surface area (Å²) < 4.78 is 62.1. The fraction of sp³-hybridized carbons (Fsp3) is 0.321. The summed E-state index contributed by atoms with van der Waals surface area (Å²) in [6.45, 7) is 9.27. The molecule has 0 spiro atoms. The Hall–Kier alpha value is -3.28. The Balaban J connectivity index is 0.000000179. The zero-order valence-corrected chi connectivity index (χ0v) is 27.3. The highest BCUT2D eigenvalue weighted by Gasteiger charge is 2.27. The van der Waals surface area contributed by atoms with Gasteiger partial charge in [0, 0.05) is 42.3 Å². The second-order valence-corrected chi connectivity index (χ2v) is 13.4. The van der Waals surface area contributed by atoms with E-state index in [-0.39, 0.29) is 59.6 Å². The Bertz CT molecular complexity index is 2110. The molecule has 0 N–H and O–H groups in total. The van der Waals surface area contributed by atoms with Crippen molar-refractivity contribution < 1.29 is 21.4 Å². The standard InChI is InChI=1S/C14H10Cl2FN3O.C14H13Cl2FN2O4S/c1-18-11-6-8(10(17)7-9(11)15)12-13(16)19-4-2-3-5-20(19)14(12)21;1-24(21,22)23-11-6-8(10(17)7-9(11)15)12-13(16)18-4-2-3-5-19(18)14(12)20/h6-7H,2-5H2;6-7H,2-5H2,1H3. The van der Waals surface area contributed by atoms with Crippen LogP contribution in [-0.4, -0.2) is 33.4 Å². The molecule has 4 aromatic rings. The molecule has 0 aliphatic carbocycles. The number of hydrogen-bond acceptors (Lipinski definition) is 5. The molecule has 10 nitrogen and oxygen atoms in total. The molecule has 0 radical (unpaired) electrons. The van der Waals surface area contributed by atoms with Crippen molar-refractivity contribution in [3.05, 3.63) is 88.4 Å². The largest absolute Gasteiger partial charge is 0.381 e. The average molecular weight is 721 g/mol. The number of benzene rings is 2. The second kappa shape index (κ2) is 12.8. The summed E-state index contributed by atoms with van der Waals surface area (Å²) in [5, 5.41) is 0.108. The van der Waals surface area contributed by atoms with Crippen molar-refractivity contribution in [3.8, 4) is 28.0 Å². The molecule has 0 atom stereocenters. The van der Waals surface area contributed by atoms with Crippen LogP contribution >= 0.6 is 46.4 Å². The third-order valence-electron chi connectivity index (χ3n) is 7.28. The molecule has 0 amide bonds. The fourth-order valence-corrected chi connectivity index (χ4v) is 6.88. The molecule has 4 heterocycles. The van der Waals surface area contributed by atoms with Crippen LogP contribution in [0.15, 0.2) is 33.9 Å². The van der Waals surface area contributed by atoms with Crippen LogP contribution in [0, 0.1) is 18.2 Å². The van der Waals surface area contributed by atoms with Crippen molar-refractivity contribution in [1.82, 2.24) is 18.7 Å². The molecule has 0 unspecified atom stereocenters. The molecule has 17 heteroatoms.